The van der Waals surface area contributed by atoms with Gasteiger partial charge < -0.3 is 10.2 Å². The predicted octanol–water partition coefficient (Wildman–Crippen LogP) is 3.35. The third-order valence-corrected chi connectivity index (χ3v) is 6.31. The van der Waals surface area contributed by atoms with E-state index in [4.69, 9.17) is 0 Å². The number of carbonyl (C=O) groups excluding carboxylic acids is 2. The molecule has 0 aliphatic rings. The lowest BCUT2D eigenvalue weighted by Gasteiger charge is -2.33. The molecule has 1 N–H and O–H groups in total. The average molecular weight is 474 g/mol. The minimum atomic E-state index is -3.73. The fourth-order valence-electron chi connectivity index (χ4n) is 3.35. The van der Waals surface area contributed by atoms with Crippen molar-refractivity contribution in [1.82, 2.24) is 10.2 Å². The molecule has 2 aromatic rings. The van der Waals surface area contributed by atoms with Gasteiger partial charge in [0.15, 0.2) is 0 Å². The minimum Gasteiger partial charge on any atom is -0.350 e. The molecule has 0 heterocycles. The number of sulfonamides is 1. The van der Waals surface area contributed by atoms with E-state index in [1.807, 2.05) is 70.2 Å². The van der Waals surface area contributed by atoms with Gasteiger partial charge in [-0.2, -0.15) is 0 Å². The van der Waals surface area contributed by atoms with E-state index in [-0.39, 0.29) is 12.5 Å². The molecule has 2 amide bonds. The molecule has 7 nitrogen and oxygen atoms in total. The molecular weight excluding hydrogens is 438 g/mol. The lowest BCUT2D eigenvalue weighted by molar-refractivity contribution is -0.140. The SMILES string of the molecule is CCc1ccc(N(CC(=O)N(Cc2ccccc2)[C@@H](C)C(=O)NC(C)(C)C)S(C)(=O)=O)cc1. The van der Waals surface area contributed by atoms with Crippen molar-refractivity contribution in [3.8, 4) is 0 Å². The zero-order chi connectivity index (χ0) is 24.8. The van der Waals surface area contributed by atoms with Crippen molar-refractivity contribution in [3.05, 3.63) is 65.7 Å². The van der Waals surface area contributed by atoms with Gasteiger partial charge in [0.1, 0.15) is 12.6 Å². The Bertz CT molecular complexity index is 1050. The van der Waals surface area contributed by atoms with Crippen molar-refractivity contribution in [1.29, 1.82) is 0 Å². The van der Waals surface area contributed by atoms with E-state index >= 15 is 0 Å². The normalized spacial score (nSPS) is 12.7. The molecule has 0 aromatic heterocycles. The third-order valence-electron chi connectivity index (χ3n) is 5.17. The monoisotopic (exact) mass is 473 g/mol. The molecule has 180 valence electrons. The van der Waals surface area contributed by atoms with Crippen LogP contribution in [0.3, 0.4) is 0 Å². The second kappa shape index (κ2) is 10.8. The molecule has 0 spiro atoms. The fourth-order valence-corrected chi connectivity index (χ4v) is 4.20. The van der Waals surface area contributed by atoms with Crippen LogP contribution in [0.1, 0.15) is 45.7 Å². The largest absolute Gasteiger partial charge is 0.350 e. The van der Waals surface area contributed by atoms with Crippen molar-refractivity contribution < 1.29 is 18.0 Å². The van der Waals surface area contributed by atoms with Crippen LogP contribution in [-0.2, 0) is 32.6 Å². The van der Waals surface area contributed by atoms with Crippen LogP contribution in [0.25, 0.3) is 0 Å². The van der Waals surface area contributed by atoms with Crippen LogP contribution in [0.15, 0.2) is 54.6 Å². The summed E-state index contributed by atoms with van der Waals surface area (Å²) in [5.74, 6) is -0.759. The lowest BCUT2D eigenvalue weighted by atomic mass is 10.1. The first-order valence-electron chi connectivity index (χ1n) is 11.0. The van der Waals surface area contributed by atoms with Crippen LogP contribution in [0, 0.1) is 0 Å². The van der Waals surface area contributed by atoms with E-state index in [1.165, 1.54) is 4.90 Å². The van der Waals surface area contributed by atoms with E-state index in [0.717, 1.165) is 28.1 Å². The molecule has 0 unspecified atom stereocenters. The van der Waals surface area contributed by atoms with Crippen LogP contribution in [0.5, 0.6) is 0 Å². The highest BCUT2D eigenvalue weighted by Crippen LogP contribution is 2.20. The Hall–Kier alpha value is -2.87. The number of hydrogen-bond donors (Lipinski definition) is 1. The zero-order valence-corrected chi connectivity index (χ0v) is 21.1. The summed E-state index contributed by atoms with van der Waals surface area (Å²) in [4.78, 5) is 27.8. The second-order valence-corrected chi connectivity index (χ2v) is 11.1. The highest BCUT2D eigenvalue weighted by atomic mass is 32.2. The van der Waals surface area contributed by atoms with Gasteiger partial charge in [-0.1, -0.05) is 49.4 Å². The van der Waals surface area contributed by atoms with Crippen molar-refractivity contribution in [3.63, 3.8) is 0 Å². The molecule has 1 atom stereocenters. The molecular formula is C25H35N3O4S. The lowest BCUT2D eigenvalue weighted by Crippen LogP contribution is -2.54. The first-order valence-corrected chi connectivity index (χ1v) is 12.9. The average Bonchev–Trinajstić information content (AvgIpc) is 2.74. The van der Waals surface area contributed by atoms with Gasteiger partial charge >= 0.3 is 0 Å². The summed E-state index contributed by atoms with van der Waals surface area (Å²) in [6, 6.07) is 15.6. The third kappa shape index (κ3) is 7.89. The highest BCUT2D eigenvalue weighted by molar-refractivity contribution is 7.92. The smallest absolute Gasteiger partial charge is 0.244 e. The number of rotatable bonds is 9. The summed E-state index contributed by atoms with van der Waals surface area (Å²) in [6.45, 7) is 9.06. The van der Waals surface area contributed by atoms with E-state index in [1.54, 1.807) is 19.1 Å². The fraction of sp³-hybridized carbons (Fsp3) is 0.440. The van der Waals surface area contributed by atoms with Gasteiger partial charge in [-0.15, -0.1) is 0 Å². The Morgan fingerprint density at radius 1 is 0.970 bits per heavy atom. The molecule has 0 fully saturated rings. The summed E-state index contributed by atoms with van der Waals surface area (Å²) in [5, 5.41) is 2.90. The topological polar surface area (TPSA) is 86.8 Å². The Kier molecular flexibility index (Phi) is 8.66. The number of anilines is 1. The number of carbonyl (C=O) groups is 2. The Labute approximate surface area is 197 Å². The van der Waals surface area contributed by atoms with Crippen LogP contribution >= 0.6 is 0 Å². The number of amides is 2. The number of nitrogens with zero attached hydrogens (tertiary/aromatic N) is 2. The maximum Gasteiger partial charge on any atom is 0.244 e. The van der Waals surface area contributed by atoms with Gasteiger partial charge in [0.05, 0.1) is 11.9 Å². The summed E-state index contributed by atoms with van der Waals surface area (Å²) in [6.07, 6.45) is 1.90. The van der Waals surface area contributed by atoms with Gasteiger partial charge in [-0.05, 0) is 57.4 Å². The van der Waals surface area contributed by atoms with E-state index < -0.39 is 34.1 Å². The summed E-state index contributed by atoms with van der Waals surface area (Å²) in [5.41, 5.74) is 1.86. The minimum absolute atomic E-state index is 0.185. The molecule has 0 bridgehead atoms. The van der Waals surface area contributed by atoms with Crippen molar-refractivity contribution in [2.45, 2.75) is 59.2 Å². The Balaban J connectivity index is 2.36. The summed E-state index contributed by atoms with van der Waals surface area (Å²) < 4.78 is 26.2. The maximum absolute atomic E-state index is 13.5. The van der Waals surface area contributed by atoms with Crippen molar-refractivity contribution in [2.24, 2.45) is 0 Å². The molecule has 0 saturated heterocycles. The van der Waals surface area contributed by atoms with Crippen molar-refractivity contribution in [2.75, 3.05) is 17.1 Å². The first kappa shape index (κ1) is 26.4. The molecule has 0 radical (unpaired) electrons. The van der Waals surface area contributed by atoms with Gasteiger partial charge in [0.2, 0.25) is 21.8 Å². The second-order valence-electron chi connectivity index (χ2n) is 9.21. The number of benzene rings is 2. The van der Waals surface area contributed by atoms with Gasteiger partial charge in [-0.3, -0.25) is 13.9 Å². The molecule has 2 rings (SSSR count). The molecule has 8 heteroatoms. The van der Waals surface area contributed by atoms with E-state index in [0.29, 0.717) is 5.69 Å². The number of aryl methyl sites for hydroxylation is 1. The van der Waals surface area contributed by atoms with Crippen LogP contribution in [-0.4, -0.2) is 49.5 Å². The first-order chi connectivity index (χ1) is 15.3. The van der Waals surface area contributed by atoms with E-state index in [2.05, 4.69) is 5.32 Å². The van der Waals surface area contributed by atoms with Crippen LogP contribution < -0.4 is 9.62 Å². The number of nitrogens with one attached hydrogen (secondary N) is 1. The van der Waals surface area contributed by atoms with Crippen LogP contribution in [0.4, 0.5) is 5.69 Å². The summed E-state index contributed by atoms with van der Waals surface area (Å²) in [7, 11) is -3.73. The Morgan fingerprint density at radius 3 is 2.03 bits per heavy atom. The highest BCUT2D eigenvalue weighted by Gasteiger charge is 2.31. The van der Waals surface area contributed by atoms with Crippen LogP contribution in [0.2, 0.25) is 0 Å². The summed E-state index contributed by atoms with van der Waals surface area (Å²) >= 11 is 0. The Morgan fingerprint density at radius 2 is 1.55 bits per heavy atom. The molecule has 2 aromatic carbocycles. The molecule has 0 saturated carbocycles. The molecule has 0 aliphatic carbocycles. The van der Waals surface area contributed by atoms with Crippen molar-refractivity contribution >= 4 is 27.5 Å². The number of hydrogen-bond acceptors (Lipinski definition) is 4. The molecule has 0 aliphatic heterocycles. The van der Waals surface area contributed by atoms with E-state index in [9.17, 15) is 18.0 Å². The van der Waals surface area contributed by atoms with Gasteiger partial charge in [0.25, 0.3) is 0 Å². The van der Waals surface area contributed by atoms with Gasteiger partial charge in [-0.25, -0.2) is 8.42 Å². The standard InChI is InChI=1S/C25H35N3O4S/c1-7-20-13-15-22(16-14-20)28(33(6,31)32)18-23(29)27(17-21-11-9-8-10-12-21)19(2)24(30)26-25(3,4)5/h8-16,19H,7,17-18H2,1-6H3,(H,26,30)/t19-/m0/s1. The van der Waals surface area contributed by atoms with Gasteiger partial charge in [0, 0.05) is 12.1 Å². The molecule has 33 heavy (non-hydrogen) atoms. The zero-order valence-electron chi connectivity index (χ0n) is 20.3. The predicted molar refractivity (Wildman–Crippen MR) is 132 cm³/mol. The maximum atomic E-state index is 13.5. The quantitative estimate of drug-likeness (QED) is 0.605.